The molecule has 1 amide bonds. The second-order valence-electron chi connectivity index (χ2n) is 7.05. The van der Waals surface area contributed by atoms with Gasteiger partial charge in [0.2, 0.25) is 5.91 Å². The normalized spacial score (nSPS) is 16.6. The van der Waals surface area contributed by atoms with Gasteiger partial charge < -0.3 is 18.5 Å². The van der Waals surface area contributed by atoms with Crippen LogP contribution in [-0.2, 0) is 27.5 Å². The molecule has 2 aromatic heterocycles. The molecule has 1 aromatic carbocycles. The van der Waals surface area contributed by atoms with Gasteiger partial charge >= 0.3 is 11.6 Å². The summed E-state index contributed by atoms with van der Waals surface area (Å²) in [5.74, 6) is -0.520. The predicted molar refractivity (Wildman–Crippen MR) is 104 cm³/mol. The van der Waals surface area contributed by atoms with E-state index in [1.165, 1.54) is 12.3 Å². The molecule has 1 unspecified atom stereocenters. The number of likely N-dealkylation sites (tertiary alicyclic amines) is 1. The third kappa shape index (κ3) is 4.05. The van der Waals surface area contributed by atoms with Gasteiger partial charge in [-0.05, 0) is 36.8 Å². The molecule has 150 valence electrons. The Kier molecular flexibility index (Phi) is 5.15. The number of aryl methyl sites for hydroxylation is 1. The number of rotatable bonds is 5. The van der Waals surface area contributed by atoms with E-state index in [0.29, 0.717) is 33.9 Å². The fourth-order valence-electron chi connectivity index (χ4n) is 3.41. The zero-order valence-corrected chi connectivity index (χ0v) is 16.4. The largest absolute Gasteiger partial charge is 0.467 e. The maximum absolute atomic E-state index is 12.5. The fourth-order valence-corrected chi connectivity index (χ4v) is 3.57. The van der Waals surface area contributed by atoms with Crippen LogP contribution in [0.4, 0.5) is 0 Å². The van der Waals surface area contributed by atoms with Crippen molar-refractivity contribution in [2.45, 2.75) is 26.5 Å². The monoisotopic (exact) mass is 415 g/mol. The number of esters is 1. The molecule has 3 aromatic rings. The minimum Gasteiger partial charge on any atom is -0.467 e. The molecule has 7 nitrogen and oxygen atoms in total. The first-order valence-corrected chi connectivity index (χ1v) is 9.48. The van der Waals surface area contributed by atoms with E-state index in [9.17, 15) is 14.4 Å². The number of halogens is 1. The summed E-state index contributed by atoms with van der Waals surface area (Å²) in [6.07, 6.45) is 1.62. The molecule has 0 saturated carbocycles. The Labute approximate surface area is 170 Å². The van der Waals surface area contributed by atoms with Crippen LogP contribution >= 0.6 is 11.6 Å². The minimum absolute atomic E-state index is 0.0856. The Morgan fingerprint density at radius 1 is 1.31 bits per heavy atom. The van der Waals surface area contributed by atoms with E-state index >= 15 is 0 Å². The Hall–Kier alpha value is -3.06. The highest BCUT2D eigenvalue weighted by Crippen LogP contribution is 2.26. The van der Waals surface area contributed by atoms with E-state index in [1.807, 2.05) is 0 Å². The lowest BCUT2D eigenvalue weighted by atomic mass is 10.1. The summed E-state index contributed by atoms with van der Waals surface area (Å²) < 4.78 is 15.9. The van der Waals surface area contributed by atoms with Crippen molar-refractivity contribution in [3.63, 3.8) is 0 Å². The zero-order chi connectivity index (χ0) is 20.5. The van der Waals surface area contributed by atoms with Crippen molar-refractivity contribution in [2.75, 3.05) is 6.54 Å². The number of carbonyl (C=O) groups is 2. The quantitative estimate of drug-likeness (QED) is 0.468. The van der Waals surface area contributed by atoms with Gasteiger partial charge in [0.25, 0.3) is 0 Å². The Morgan fingerprint density at radius 2 is 2.14 bits per heavy atom. The number of nitrogens with zero attached hydrogens (tertiary/aromatic N) is 1. The molecule has 1 aliphatic rings. The maximum Gasteiger partial charge on any atom is 0.336 e. The molecule has 8 heteroatoms. The van der Waals surface area contributed by atoms with E-state index in [1.54, 1.807) is 36.1 Å². The van der Waals surface area contributed by atoms with E-state index < -0.39 is 17.5 Å². The number of ether oxygens (including phenoxy) is 1. The van der Waals surface area contributed by atoms with Crippen molar-refractivity contribution in [3.05, 3.63) is 68.9 Å². The van der Waals surface area contributed by atoms with Gasteiger partial charge in [-0.1, -0.05) is 11.6 Å². The molecule has 1 fully saturated rings. The van der Waals surface area contributed by atoms with E-state index in [2.05, 4.69) is 0 Å². The molecule has 0 spiro atoms. The van der Waals surface area contributed by atoms with Crippen LogP contribution in [0.2, 0.25) is 5.02 Å². The summed E-state index contributed by atoms with van der Waals surface area (Å²) in [6.45, 7) is 2.28. The summed E-state index contributed by atoms with van der Waals surface area (Å²) in [4.78, 5) is 38.1. The average Bonchev–Trinajstić information content (AvgIpc) is 3.31. The number of amides is 1. The van der Waals surface area contributed by atoms with Gasteiger partial charge in [-0.15, -0.1) is 0 Å². The van der Waals surface area contributed by atoms with E-state index in [0.717, 1.165) is 5.56 Å². The molecule has 0 bridgehead atoms. The number of benzene rings is 1. The van der Waals surface area contributed by atoms with Crippen molar-refractivity contribution >= 4 is 34.4 Å². The minimum atomic E-state index is -0.560. The van der Waals surface area contributed by atoms with Crippen LogP contribution in [0.3, 0.4) is 0 Å². The SMILES string of the molecule is Cc1cc2oc(=O)cc(COC(=O)C3CC(=O)N(Cc4ccco4)C3)c2cc1Cl. The highest BCUT2D eigenvalue weighted by atomic mass is 35.5. The first kappa shape index (κ1) is 19.3. The predicted octanol–water partition coefficient (Wildman–Crippen LogP) is 3.44. The summed E-state index contributed by atoms with van der Waals surface area (Å²) in [7, 11) is 0. The molecule has 0 radical (unpaired) electrons. The first-order chi connectivity index (χ1) is 13.9. The molecule has 1 atom stereocenters. The van der Waals surface area contributed by atoms with Crippen molar-refractivity contribution in [1.29, 1.82) is 0 Å². The summed E-state index contributed by atoms with van der Waals surface area (Å²) >= 11 is 6.18. The van der Waals surface area contributed by atoms with Gasteiger partial charge in [0.1, 0.15) is 18.0 Å². The number of furan rings is 1. The highest BCUT2D eigenvalue weighted by Gasteiger charge is 2.35. The summed E-state index contributed by atoms with van der Waals surface area (Å²) in [6, 6.07) is 8.16. The summed E-state index contributed by atoms with van der Waals surface area (Å²) in [5, 5.41) is 1.13. The number of hydrogen-bond acceptors (Lipinski definition) is 6. The lowest BCUT2D eigenvalue weighted by molar-refractivity contribution is -0.149. The Balaban J connectivity index is 1.45. The molecule has 1 saturated heterocycles. The molecule has 1 aliphatic heterocycles. The van der Waals surface area contributed by atoms with Crippen molar-refractivity contribution in [3.8, 4) is 0 Å². The Bertz CT molecular complexity index is 1130. The van der Waals surface area contributed by atoms with Crippen LogP contribution in [0, 0.1) is 12.8 Å². The van der Waals surface area contributed by atoms with Crippen LogP contribution in [0.25, 0.3) is 11.0 Å². The third-order valence-electron chi connectivity index (χ3n) is 4.95. The molecule has 0 N–H and O–H groups in total. The van der Waals surface area contributed by atoms with Crippen molar-refractivity contribution < 1.29 is 23.2 Å². The molecule has 4 rings (SSSR count). The summed E-state index contributed by atoms with van der Waals surface area (Å²) in [5.41, 5.74) is 1.12. The molecule has 29 heavy (non-hydrogen) atoms. The van der Waals surface area contributed by atoms with Gasteiger partial charge in [0.05, 0.1) is 18.7 Å². The fraction of sp³-hybridized carbons (Fsp3) is 0.286. The van der Waals surface area contributed by atoms with Crippen LogP contribution in [0.15, 0.2) is 50.2 Å². The second-order valence-corrected chi connectivity index (χ2v) is 7.46. The third-order valence-corrected chi connectivity index (χ3v) is 5.36. The van der Waals surface area contributed by atoms with Gasteiger partial charge in [-0.25, -0.2) is 4.79 Å². The van der Waals surface area contributed by atoms with Gasteiger partial charge in [0.15, 0.2) is 0 Å². The maximum atomic E-state index is 12.5. The number of carbonyl (C=O) groups excluding carboxylic acids is 2. The van der Waals surface area contributed by atoms with Crippen molar-refractivity contribution in [1.82, 2.24) is 4.90 Å². The topological polar surface area (TPSA) is 90.0 Å². The number of hydrogen-bond donors (Lipinski definition) is 0. The lowest BCUT2D eigenvalue weighted by Crippen LogP contribution is -2.26. The van der Waals surface area contributed by atoms with Gasteiger partial charge in [-0.2, -0.15) is 0 Å². The molecular formula is C21H18ClNO6. The van der Waals surface area contributed by atoms with Gasteiger partial charge in [0, 0.05) is 35.0 Å². The van der Waals surface area contributed by atoms with E-state index in [-0.39, 0.29) is 25.5 Å². The number of fused-ring (bicyclic) bond motifs is 1. The van der Waals surface area contributed by atoms with E-state index in [4.69, 9.17) is 25.2 Å². The molecular weight excluding hydrogens is 398 g/mol. The Morgan fingerprint density at radius 3 is 2.90 bits per heavy atom. The van der Waals surface area contributed by atoms with Gasteiger partial charge in [-0.3, -0.25) is 9.59 Å². The second kappa shape index (κ2) is 7.75. The smallest absolute Gasteiger partial charge is 0.336 e. The molecule has 3 heterocycles. The zero-order valence-electron chi connectivity index (χ0n) is 15.6. The molecule has 0 aliphatic carbocycles. The van der Waals surface area contributed by atoms with Crippen LogP contribution < -0.4 is 5.63 Å². The lowest BCUT2D eigenvalue weighted by Gasteiger charge is -2.15. The van der Waals surface area contributed by atoms with Crippen molar-refractivity contribution in [2.24, 2.45) is 5.92 Å². The van der Waals surface area contributed by atoms with Crippen LogP contribution in [-0.4, -0.2) is 23.3 Å². The average molecular weight is 416 g/mol. The first-order valence-electron chi connectivity index (χ1n) is 9.10. The van der Waals surface area contributed by atoms with Crippen LogP contribution in [0.5, 0.6) is 0 Å². The standard InChI is InChI=1S/C21H18ClNO6/c1-12-5-18-16(8-17(12)22)14(7-20(25)29-18)11-28-21(26)13-6-19(24)23(9-13)10-15-3-2-4-27-15/h2-5,7-8,13H,6,9-11H2,1H3. The highest BCUT2D eigenvalue weighted by molar-refractivity contribution is 6.32. The van der Waals surface area contributed by atoms with Crippen LogP contribution in [0.1, 0.15) is 23.3 Å².